The van der Waals surface area contributed by atoms with Gasteiger partial charge in [0.25, 0.3) is 5.91 Å². The number of nitrogens with zero attached hydrogens (tertiary/aromatic N) is 4. The van der Waals surface area contributed by atoms with Crippen molar-refractivity contribution < 1.29 is 4.79 Å². The van der Waals surface area contributed by atoms with E-state index in [1.54, 1.807) is 6.07 Å². The first-order valence-corrected chi connectivity index (χ1v) is 5.72. The molecule has 0 aliphatic carbocycles. The molecule has 0 saturated heterocycles. The summed E-state index contributed by atoms with van der Waals surface area (Å²) in [4.78, 5) is 29.8. The Kier molecular flexibility index (Phi) is 2.92. The van der Waals surface area contributed by atoms with Crippen molar-refractivity contribution in [1.82, 2.24) is 35.9 Å². The van der Waals surface area contributed by atoms with E-state index >= 15 is 0 Å². The number of aromatic amines is 2. The van der Waals surface area contributed by atoms with Gasteiger partial charge in [0.1, 0.15) is 5.69 Å². The van der Waals surface area contributed by atoms with E-state index in [1.165, 1.54) is 18.3 Å². The lowest BCUT2D eigenvalue weighted by Crippen LogP contribution is -2.24. The zero-order chi connectivity index (χ0) is 13.9. The summed E-state index contributed by atoms with van der Waals surface area (Å²) in [6, 6.07) is 4.56. The van der Waals surface area contributed by atoms with Crippen LogP contribution in [-0.4, -0.2) is 36.5 Å². The minimum atomic E-state index is -0.388. The molecule has 0 spiro atoms. The fourth-order valence-electron chi connectivity index (χ4n) is 1.68. The van der Waals surface area contributed by atoms with Crippen molar-refractivity contribution in [1.29, 1.82) is 0 Å². The van der Waals surface area contributed by atoms with Crippen LogP contribution in [0.3, 0.4) is 0 Å². The third-order valence-electron chi connectivity index (χ3n) is 2.64. The number of H-pyrrole nitrogens is 2. The van der Waals surface area contributed by atoms with E-state index < -0.39 is 0 Å². The Hall–Kier alpha value is -3.10. The molecule has 0 fully saturated rings. The average molecular weight is 271 g/mol. The van der Waals surface area contributed by atoms with Gasteiger partial charge < -0.3 is 10.3 Å². The van der Waals surface area contributed by atoms with Crippen LogP contribution in [0.4, 0.5) is 0 Å². The van der Waals surface area contributed by atoms with Crippen LogP contribution in [0, 0.1) is 0 Å². The molecule has 0 unspecified atom stereocenters. The predicted octanol–water partition coefficient (Wildman–Crippen LogP) is -0.634. The number of carbonyl (C=O) groups is 1. The molecule has 9 nitrogen and oxygen atoms in total. The topological polar surface area (TPSA) is 129 Å². The Bertz CT molecular complexity index is 809. The first kappa shape index (κ1) is 12.0. The van der Waals surface area contributed by atoms with Crippen LogP contribution < -0.4 is 10.9 Å². The van der Waals surface area contributed by atoms with Gasteiger partial charge in [-0.25, -0.2) is 0 Å². The van der Waals surface area contributed by atoms with E-state index in [0.717, 1.165) is 5.39 Å². The standard InChI is InChI=1S/C11H9N7O2/c19-10-2-1-6-4-12-8(3-7(6)14-10)11(20)13-5-9-15-17-18-16-9/h1-4H,5H2,(H,13,20)(H,14,19)(H,15,16,17,18). The first-order valence-electron chi connectivity index (χ1n) is 5.72. The highest BCUT2D eigenvalue weighted by atomic mass is 16.2. The fourth-order valence-corrected chi connectivity index (χ4v) is 1.68. The summed E-state index contributed by atoms with van der Waals surface area (Å²) in [5.41, 5.74) is 0.516. The molecule has 3 aromatic heterocycles. The summed E-state index contributed by atoms with van der Waals surface area (Å²) in [5, 5.41) is 16.4. The molecule has 9 heteroatoms. The van der Waals surface area contributed by atoms with Gasteiger partial charge in [-0.2, -0.15) is 5.21 Å². The zero-order valence-corrected chi connectivity index (χ0v) is 10.1. The second-order valence-electron chi connectivity index (χ2n) is 3.99. The van der Waals surface area contributed by atoms with Crippen LogP contribution >= 0.6 is 0 Å². The highest BCUT2D eigenvalue weighted by molar-refractivity contribution is 5.95. The van der Waals surface area contributed by atoms with E-state index in [4.69, 9.17) is 0 Å². The molecule has 3 heterocycles. The van der Waals surface area contributed by atoms with Gasteiger partial charge in [0.15, 0.2) is 5.82 Å². The molecule has 0 aliphatic heterocycles. The van der Waals surface area contributed by atoms with Crippen LogP contribution in [0.1, 0.15) is 16.3 Å². The number of carbonyl (C=O) groups excluding carboxylic acids is 1. The van der Waals surface area contributed by atoms with Crippen LogP contribution in [0.2, 0.25) is 0 Å². The lowest BCUT2D eigenvalue weighted by atomic mass is 10.2. The van der Waals surface area contributed by atoms with Gasteiger partial charge in [-0.15, -0.1) is 10.2 Å². The maximum Gasteiger partial charge on any atom is 0.270 e. The minimum absolute atomic E-state index is 0.139. The second-order valence-corrected chi connectivity index (χ2v) is 3.99. The molecule has 3 N–H and O–H groups in total. The molecule has 1 amide bonds. The van der Waals surface area contributed by atoms with Gasteiger partial charge in [0.2, 0.25) is 5.56 Å². The highest BCUT2D eigenvalue weighted by Crippen LogP contribution is 2.09. The molecule has 0 bridgehead atoms. The summed E-state index contributed by atoms with van der Waals surface area (Å²) in [7, 11) is 0. The summed E-state index contributed by atoms with van der Waals surface area (Å²) in [6.45, 7) is 0.139. The summed E-state index contributed by atoms with van der Waals surface area (Å²) in [6.07, 6.45) is 1.52. The monoisotopic (exact) mass is 271 g/mol. The van der Waals surface area contributed by atoms with Crippen LogP contribution in [0.5, 0.6) is 0 Å². The Balaban J connectivity index is 1.82. The maximum absolute atomic E-state index is 11.9. The summed E-state index contributed by atoms with van der Waals surface area (Å²) < 4.78 is 0. The molecular weight excluding hydrogens is 262 g/mol. The van der Waals surface area contributed by atoms with Gasteiger partial charge in [-0.05, 0) is 12.1 Å². The SMILES string of the molecule is O=C(NCc1nn[nH]n1)c1cc2[nH]c(=O)ccc2cn1. The van der Waals surface area contributed by atoms with Crippen molar-refractivity contribution in [2.24, 2.45) is 0 Å². The molecule has 0 atom stereocenters. The largest absolute Gasteiger partial charge is 0.343 e. The molecule has 0 radical (unpaired) electrons. The van der Waals surface area contributed by atoms with Crippen LogP contribution in [0.15, 0.2) is 29.2 Å². The molecule has 0 aromatic carbocycles. The van der Waals surface area contributed by atoms with E-state index in [-0.39, 0.29) is 23.7 Å². The molecular formula is C11H9N7O2. The molecule has 20 heavy (non-hydrogen) atoms. The smallest absolute Gasteiger partial charge is 0.270 e. The Morgan fingerprint density at radius 2 is 2.25 bits per heavy atom. The van der Waals surface area contributed by atoms with Crippen LogP contribution in [0.25, 0.3) is 10.9 Å². The molecule has 100 valence electrons. The number of fused-ring (bicyclic) bond motifs is 1. The number of hydrogen-bond donors (Lipinski definition) is 3. The van der Waals surface area contributed by atoms with Crippen molar-refractivity contribution >= 4 is 16.8 Å². The van der Waals surface area contributed by atoms with Gasteiger partial charge >= 0.3 is 0 Å². The maximum atomic E-state index is 11.9. The fraction of sp³-hybridized carbons (Fsp3) is 0.0909. The number of pyridine rings is 2. The van der Waals surface area contributed by atoms with Crippen LogP contribution in [-0.2, 0) is 6.54 Å². The van der Waals surface area contributed by atoms with Gasteiger partial charge in [-0.1, -0.05) is 5.21 Å². The van der Waals surface area contributed by atoms with Gasteiger partial charge in [0.05, 0.1) is 12.1 Å². The Labute approximate surface area is 111 Å². The average Bonchev–Trinajstić information content (AvgIpc) is 2.97. The van der Waals surface area contributed by atoms with Crippen molar-refractivity contribution in [3.05, 3.63) is 46.3 Å². The third-order valence-corrected chi connectivity index (χ3v) is 2.64. The quantitative estimate of drug-likeness (QED) is 0.581. The second kappa shape index (κ2) is 4.88. The molecule has 0 aliphatic rings. The number of rotatable bonds is 3. The lowest BCUT2D eigenvalue weighted by molar-refractivity contribution is 0.0945. The van der Waals surface area contributed by atoms with Gasteiger partial charge in [0, 0.05) is 17.6 Å². The number of nitrogens with one attached hydrogen (secondary N) is 3. The normalized spacial score (nSPS) is 10.6. The number of tetrazole rings is 1. The molecule has 0 saturated carbocycles. The van der Waals surface area contributed by atoms with Crippen molar-refractivity contribution in [2.75, 3.05) is 0 Å². The minimum Gasteiger partial charge on any atom is -0.343 e. The number of amides is 1. The van der Waals surface area contributed by atoms with E-state index in [9.17, 15) is 9.59 Å². The first-order chi connectivity index (χ1) is 9.72. The third kappa shape index (κ3) is 2.36. The number of hydrogen-bond acceptors (Lipinski definition) is 6. The Morgan fingerprint density at radius 3 is 3.05 bits per heavy atom. The number of aromatic nitrogens is 6. The van der Waals surface area contributed by atoms with Crippen molar-refractivity contribution in [2.45, 2.75) is 6.54 Å². The highest BCUT2D eigenvalue weighted by Gasteiger charge is 2.09. The van der Waals surface area contributed by atoms with Gasteiger partial charge in [-0.3, -0.25) is 14.6 Å². The van der Waals surface area contributed by atoms with E-state index in [2.05, 4.69) is 35.9 Å². The van der Waals surface area contributed by atoms with Crippen molar-refractivity contribution in [3.8, 4) is 0 Å². The van der Waals surface area contributed by atoms with E-state index in [1.807, 2.05) is 0 Å². The van der Waals surface area contributed by atoms with E-state index in [0.29, 0.717) is 11.3 Å². The summed E-state index contributed by atoms with van der Waals surface area (Å²) in [5.74, 6) is -0.0195. The van der Waals surface area contributed by atoms with Crippen molar-refractivity contribution in [3.63, 3.8) is 0 Å². The Morgan fingerprint density at radius 1 is 1.35 bits per heavy atom. The summed E-state index contributed by atoms with van der Waals surface area (Å²) >= 11 is 0. The molecule has 3 rings (SSSR count). The predicted molar refractivity (Wildman–Crippen MR) is 67.7 cm³/mol. The lowest BCUT2D eigenvalue weighted by Gasteiger charge is -2.03. The zero-order valence-electron chi connectivity index (χ0n) is 10.1. The molecule has 3 aromatic rings.